The lowest BCUT2D eigenvalue weighted by Gasteiger charge is -2.26. The number of alkyl halides is 1. The van der Waals surface area contributed by atoms with Gasteiger partial charge in [-0.3, -0.25) is 4.79 Å². The van der Waals surface area contributed by atoms with Crippen molar-refractivity contribution in [1.82, 2.24) is 0 Å². The van der Waals surface area contributed by atoms with E-state index in [9.17, 15) is 9.90 Å². The minimum atomic E-state index is -0.790. The first kappa shape index (κ1) is 11.2. The minimum absolute atomic E-state index is 0.440. The van der Waals surface area contributed by atoms with Crippen LogP contribution in [0.25, 0.3) is 0 Å². The topological polar surface area (TPSA) is 37.3 Å². The van der Waals surface area contributed by atoms with Gasteiger partial charge in [-0.2, -0.15) is 0 Å². The Morgan fingerprint density at radius 1 is 1.43 bits per heavy atom. The van der Waals surface area contributed by atoms with Crippen LogP contribution in [0.1, 0.15) is 18.9 Å². The summed E-state index contributed by atoms with van der Waals surface area (Å²) < 4.78 is 0. The van der Waals surface area contributed by atoms with Crippen molar-refractivity contribution >= 4 is 21.9 Å². The van der Waals surface area contributed by atoms with Crippen LogP contribution in [0.15, 0.2) is 30.3 Å². The maximum atomic E-state index is 11.3. The van der Waals surface area contributed by atoms with Crippen LogP contribution in [0, 0.1) is 0 Å². The fourth-order valence-electron chi connectivity index (χ4n) is 1.46. The van der Waals surface area contributed by atoms with Gasteiger partial charge < -0.3 is 5.11 Å². The van der Waals surface area contributed by atoms with Gasteiger partial charge in [-0.1, -0.05) is 53.2 Å². The standard InChI is InChI=1S/C11H13BrO2/c1-2-11(8-12,10(13)14)9-6-4-3-5-7-9/h3-7H,2,8H2,1H3,(H,13,14). The van der Waals surface area contributed by atoms with E-state index in [0.29, 0.717) is 11.8 Å². The normalized spacial score (nSPS) is 14.7. The van der Waals surface area contributed by atoms with E-state index in [-0.39, 0.29) is 0 Å². The third kappa shape index (κ3) is 1.82. The molecule has 1 unspecified atom stereocenters. The zero-order chi connectivity index (χ0) is 10.6. The number of aliphatic carboxylic acids is 1. The van der Waals surface area contributed by atoms with Crippen LogP contribution in [0.5, 0.6) is 0 Å². The maximum absolute atomic E-state index is 11.3. The lowest BCUT2D eigenvalue weighted by molar-refractivity contribution is -0.143. The predicted molar refractivity (Wildman–Crippen MR) is 59.8 cm³/mol. The Hall–Kier alpha value is -0.830. The number of carboxylic acid groups (broad SMARTS) is 1. The molecule has 0 aliphatic rings. The first-order chi connectivity index (χ1) is 6.67. The lowest BCUT2D eigenvalue weighted by atomic mass is 9.80. The van der Waals surface area contributed by atoms with E-state index < -0.39 is 11.4 Å². The van der Waals surface area contributed by atoms with Gasteiger partial charge in [0.05, 0.1) is 0 Å². The molecule has 14 heavy (non-hydrogen) atoms. The highest BCUT2D eigenvalue weighted by atomic mass is 79.9. The summed E-state index contributed by atoms with van der Waals surface area (Å²) in [5.41, 5.74) is 0.0632. The van der Waals surface area contributed by atoms with Crippen molar-refractivity contribution in [3.63, 3.8) is 0 Å². The van der Waals surface area contributed by atoms with Gasteiger partial charge in [-0.05, 0) is 12.0 Å². The van der Waals surface area contributed by atoms with Gasteiger partial charge >= 0.3 is 5.97 Å². The molecule has 3 heteroatoms. The monoisotopic (exact) mass is 256 g/mol. The number of carbonyl (C=O) groups is 1. The SMILES string of the molecule is CCC(CBr)(C(=O)O)c1ccccc1. The molecule has 1 N–H and O–H groups in total. The molecule has 0 aliphatic carbocycles. The molecule has 1 aromatic carbocycles. The van der Waals surface area contributed by atoms with Crippen molar-refractivity contribution in [3.8, 4) is 0 Å². The molecule has 1 rings (SSSR count). The average Bonchev–Trinajstić information content (AvgIpc) is 2.22. The van der Waals surface area contributed by atoms with E-state index in [1.807, 2.05) is 37.3 Å². The summed E-state index contributed by atoms with van der Waals surface area (Å²) in [5, 5.41) is 9.69. The van der Waals surface area contributed by atoms with Crippen LogP contribution < -0.4 is 0 Å². The van der Waals surface area contributed by atoms with Crippen molar-refractivity contribution < 1.29 is 9.90 Å². The largest absolute Gasteiger partial charge is 0.481 e. The van der Waals surface area contributed by atoms with E-state index in [0.717, 1.165) is 5.56 Å². The molecule has 0 spiro atoms. The Morgan fingerprint density at radius 3 is 2.36 bits per heavy atom. The van der Waals surface area contributed by atoms with Crippen molar-refractivity contribution in [2.24, 2.45) is 0 Å². The van der Waals surface area contributed by atoms with Crippen LogP contribution >= 0.6 is 15.9 Å². The van der Waals surface area contributed by atoms with Crippen LogP contribution in [0.2, 0.25) is 0 Å². The van der Waals surface area contributed by atoms with E-state index in [2.05, 4.69) is 15.9 Å². The molecule has 0 fully saturated rings. The smallest absolute Gasteiger partial charge is 0.314 e. The predicted octanol–water partition coefficient (Wildman–Crippen LogP) is 2.81. The summed E-state index contributed by atoms with van der Waals surface area (Å²) in [6.45, 7) is 1.89. The molecule has 0 aromatic heterocycles. The molecule has 0 amide bonds. The third-order valence-corrected chi connectivity index (χ3v) is 3.52. The molecule has 1 atom stereocenters. The van der Waals surface area contributed by atoms with Gasteiger partial charge in [-0.15, -0.1) is 0 Å². The van der Waals surface area contributed by atoms with E-state index in [1.54, 1.807) is 0 Å². The molecule has 76 valence electrons. The average molecular weight is 257 g/mol. The highest BCUT2D eigenvalue weighted by Gasteiger charge is 2.37. The Bertz CT molecular complexity index is 304. The number of hydrogen-bond acceptors (Lipinski definition) is 1. The van der Waals surface area contributed by atoms with Gasteiger partial charge in [0.25, 0.3) is 0 Å². The van der Waals surface area contributed by atoms with Crippen LogP contribution in [-0.2, 0) is 10.2 Å². The summed E-state index contributed by atoms with van der Waals surface area (Å²) in [4.78, 5) is 11.3. The molecular formula is C11H13BrO2. The molecule has 1 aromatic rings. The second-order valence-electron chi connectivity index (χ2n) is 3.24. The second kappa shape index (κ2) is 4.60. The van der Waals surface area contributed by atoms with E-state index >= 15 is 0 Å². The Kier molecular flexibility index (Phi) is 3.69. The lowest BCUT2D eigenvalue weighted by Crippen LogP contribution is -2.36. The fraction of sp³-hybridized carbons (Fsp3) is 0.364. The number of halogens is 1. The molecule has 0 bridgehead atoms. The van der Waals surface area contributed by atoms with Crippen molar-refractivity contribution in [1.29, 1.82) is 0 Å². The number of rotatable bonds is 4. The number of carboxylic acids is 1. The third-order valence-electron chi connectivity index (χ3n) is 2.57. The number of hydrogen-bond donors (Lipinski definition) is 1. The van der Waals surface area contributed by atoms with E-state index in [4.69, 9.17) is 0 Å². The van der Waals surface area contributed by atoms with E-state index in [1.165, 1.54) is 0 Å². The highest BCUT2D eigenvalue weighted by Crippen LogP contribution is 2.30. The zero-order valence-electron chi connectivity index (χ0n) is 8.03. The quantitative estimate of drug-likeness (QED) is 0.842. The second-order valence-corrected chi connectivity index (χ2v) is 3.80. The minimum Gasteiger partial charge on any atom is -0.481 e. The highest BCUT2D eigenvalue weighted by molar-refractivity contribution is 9.09. The van der Waals surface area contributed by atoms with Crippen molar-refractivity contribution in [3.05, 3.63) is 35.9 Å². The van der Waals surface area contributed by atoms with Crippen LogP contribution in [0.3, 0.4) is 0 Å². The first-order valence-electron chi connectivity index (χ1n) is 4.52. The molecule has 0 heterocycles. The van der Waals surface area contributed by atoms with Gasteiger partial charge in [0.1, 0.15) is 5.41 Å². The maximum Gasteiger partial charge on any atom is 0.314 e. The van der Waals surface area contributed by atoms with Crippen molar-refractivity contribution in [2.45, 2.75) is 18.8 Å². The summed E-state index contributed by atoms with van der Waals surface area (Å²) in [6, 6.07) is 9.34. The molecule has 2 nitrogen and oxygen atoms in total. The summed E-state index contributed by atoms with van der Waals surface area (Å²) in [7, 11) is 0. The fourth-order valence-corrected chi connectivity index (χ4v) is 2.42. The first-order valence-corrected chi connectivity index (χ1v) is 5.64. The zero-order valence-corrected chi connectivity index (χ0v) is 9.62. The molecular weight excluding hydrogens is 244 g/mol. The summed E-state index contributed by atoms with van der Waals surface area (Å²) >= 11 is 3.29. The van der Waals surface area contributed by atoms with Gasteiger partial charge in [0, 0.05) is 5.33 Å². The molecule has 0 radical (unpaired) electrons. The number of benzene rings is 1. The van der Waals surface area contributed by atoms with Crippen LogP contribution in [0.4, 0.5) is 0 Å². The Morgan fingerprint density at radius 2 is 2.00 bits per heavy atom. The van der Waals surface area contributed by atoms with Crippen molar-refractivity contribution in [2.75, 3.05) is 5.33 Å². The van der Waals surface area contributed by atoms with Gasteiger partial charge in [0.15, 0.2) is 0 Å². The molecule has 0 aliphatic heterocycles. The van der Waals surface area contributed by atoms with Gasteiger partial charge in [-0.25, -0.2) is 0 Å². The Balaban J connectivity index is 3.18. The summed E-state index contributed by atoms with van der Waals surface area (Å²) in [5.74, 6) is -0.775. The van der Waals surface area contributed by atoms with Crippen LogP contribution in [-0.4, -0.2) is 16.4 Å². The molecule has 0 saturated carbocycles. The van der Waals surface area contributed by atoms with Gasteiger partial charge in [0.2, 0.25) is 0 Å². The summed E-state index contributed by atoms with van der Waals surface area (Å²) in [6.07, 6.45) is 0.581. The Labute approximate surface area is 92.1 Å². The molecule has 0 saturated heterocycles.